The van der Waals surface area contributed by atoms with Gasteiger partial charge in [0, 0.05) is 27.8 Å². The third kappa shape index (κ3) is 4.47. The van der Waals surface area contributed by atoms with Crippen molar-refractivity contribution in [3.63, 3.8) is 0 Å². The lowest BCUT2D eigenvalue weighted by Crippen LogP contribution is -2.23. The number of carbonyl (C=O) groups excluding carboxylic acids is 1. The van der Waals surface area contributed by atoms with Crippen LogP contribution in [0, 0.1) is 5.92 Å². The molecule has 2 unspecified atom stereocenters. The van der Waals surface area contributed by atoms with Crippen molar-refractivity contribution in [3.8, 4) is 11.3 Å². The summed E-state index contributed by atoms with van der Waals surface area (Å²) in [7, 11) is 0. The van der Waals surface area contributed by atoms with Gasteiger partial charge in [-0.1, -0.05) is 12.1 Å². The van der Waals surface area contributed by atoms with E-state index < -0.39 is 0 Å². The Kier molecular flexibility index (Phi) is 6.47. The first-order valence-electron chi connectivity index (χ1n) is 7.32. The van der Waals surface area contributed by atoms with Crippen molar-refractivity contribution in [1.82, 2.24) is 4.98 Å². The van der Waals surface area contributed by atoms with Gasteiger partial charge in [-0.25, -0.2) is 4.98 Å². The fourth-order valence-electron chi connectivity index (χ4n) is 2.69. The molecule has 1 amide bonds. The molecule has 0 radical (unpaired) electrons. The minimum Gasteiger partial charge on any atom is -0.328 e. The van der Waals surface area contributed by atoms with Gasteiger partial charge in [0.1, 0.15) is 0 Å². The second-order valence-electron chi connectivity index (χ2n) is 5.53. The smallest absolute Gasteiger partial charge is 0.229 e. The second kappa shape index (κ2) is 8.15. The monoisotopic (exact) mass is 369 g/mol. The van der Waals surface area contributed by atoms with Crippen molar-refractivity contribution in [2.24, 2.45) is 11.7 Å². The van der Waals surface area contributed by atoms with E-state index in [2.05, 4.69) is 40.8 Å². The average molecular weight is 370 g/mol. The molecule has 0 spiro atoms. The summed E-state index contributed by atoms with van der Waals surface area (Å²) in [6.07, 6.45) is 4.64. The van der Waals surface area contributed by atoms with E-state index >= 15 is 0 Å². The van der Waals surface area contributed by atoms with E-state index in [9.17, 15) is 4.79 Å². The van der Waals surface area contributed by atoms with Gasteiger partial charge in [-0.05, 0) is 37.7 Å². The highest BCUT2D eigenvalue weighted by atomic mass is 35.5. The number of amides is 1. The highest BCUT2D eigenvalue weighted by Crippen LogP contribution is 2.29. The number of carbonyl (C=O) groups is 1. The molecule has 0 saturated heterocycles. The van der Waals surface area contributed by atoms with Crippen LogP contribution in [0.4, 0.5) is 5.13 Å². The summed E-state index contributed by atoms with van der Waals surface area (Å²) in [4.78, 5) is 17.9. The molecule has 2 atom stereocenters. The molecule has 1 aromatic heterocycles. The molecule has 124 valence electrons. The number of benzene rings is 1. The normalized spacial score (nSPS) is 20.1. The molecule has 2 aromatic rings. The Hall–Kier alpha value is -1.08. The Balaban J connectivity index is 0.00000192. The second-order valence-corrected chi connectivity index (χ2v) is 7.26. The maximum atomic E-state index is 12.2. The number of rotatable bonds is 4. The molecule has 3 rings (SSSR count). The van der Waals surface area contributed by atoms with Gasteiger partial charge in [-0.3, -0.25) is 4.79 Å². The summed E-state index contributed by atoms with van der Waals surface area (Å²) < 4.78 is 0. The fourth-order valence-corrected chi connectivity index (χ4v) is 3.82. The number of nitrogens with zero attached hydrogens (tertiary/aromatic N) is 1. The highest BCUT2D eigenvalue weighted by molar-refractivity contribution is 7.98. The number of hydrogen-bond acceptors (Lipinski definition) is 5. The quantitative estimate of drug-likeness (QED) is 0.798. The third-order valence-corrected chi connectivity index (χ3v) is 5.47. The molecule has 3 N–H and O–H groups in total. The fraction of sp³-hybridized carbons (Fsp3) is 0.375. The first kappa shape index (κ1) is 18.3. The predicted octanol–water partition coefficient (Wildman–Crippen LogP) is 4.02. The number of hydrogen-bond donors (Lipinski definition) is 2. The van der Waals surface area contributed by atoms with Crippen molar-refractivity contribution in [3.05, 3.63) is 29.6 Å². The third-order valence-electron chi connectivity index (χ3n) is 3.96. The number of anilines is 1. The van der Waals surface area contributed by atoms with Gasteiger partial charge in [0.2, 0.25) is 5.91 Å². The van der Waals surface area contributed by atoms with Crippen LogP contribution in [0.5, 0.6) is 0 Å². The summed E-state index contributed by atoms with van der Waals surface area (Å²) in [6, 6.07) is 8.44. The highest BCUT2D eigenvalue weighted by Gasteiger charge is 2.28. The van der Waals surface area contributed by atoms with Crippen LogP contribution in [0.1, 0.15) is 19.3 Å². The van der Waals surface area contributed by atoms with Crippen molar-refractivity contribution in [2.45, 2.75) is 30.2 Å². The van der Waals surface area contributed by atoms with Crippen molar-refractivity contribution < 1.29 is 4.79 Å². The van der Waals surface area contributed by atoms with Crippen LogP contribution in [0.25, 0.3) is 11.3 Å². The van der Waals surface area contributed by atoms with Crippen molar-refractivity contribution in [1.29, 1.82) is 0 Å². The number of thioether (sulfide) groups is 1. The minimum absolute atomic E-state index is 0. The molecule has 0 bridgehead atoms. The predicted molar refractivity (Wildman–Crippen MR) is 101 cm³/mol. The summed E-state index contributed by atoms with van der Waals surface area (Å²) in [6.45, 7) is 0. The summed E-state index contributed by atoms with van der Waals surface area (Å²) >= 11 is 3.18. The summed E-state index contributed by atoms with van der Waals surface area (Å²) in [5, 5.41) is 5.56. The molecular weight excluding hydrogens is 350 g/mol. The Bertz CT molecular complexity index is 660. The molecule has 7 heteroatoms. The zero-order valence-corrected chi connectivity index (χ0v) is 15.3. The minimum atomic E-state index is 0. The van der Waals surface area contributed by atoms with E-state index in [0.29, 0.717) is 5.13 Å². The van der Waals surface area contributed by atoms with Crippen LogP contribution in [0.15, 0.2) is 34.5 Å². The average Bonchev–Trinajstić information content (AvgIpc) is 3.16. The zero-order valence-electron chi connectivity index (χ0n) is 12.8. The molecule has 1 heterocycles. The molecule has 1 aliphatic carbocycles. The number of nitrogens with one attached hydrogen (secondary N) is 1. The number of nitrogens with two attached hydrogens (primary N) is 1. The first-order chi connectivity index (χ1) is 10.7. The van der Waals surface area contributed by atoms with Crippen molar-refractivity contribution >= 4 is 46.5 Å². The van der Waals surface area contributed by atoms with Crippen LogP contribution in [0.2, 0.25) is 0 Å². The van der Waals surface area contributed by atoms with E-state index in [1.165, 1.54) is 16.2 Å². The molecule has 23 heavy (non-hydrogen) atoms. The van der Waals surface area contributed by atoms with Gasteiger partial charge in [0.05, 0.1) is 5.69 Å². The molecule has 4 nitrogen and oxygen atoms in total. The van der Waals surface area contributed by atoms with Gasteiger partial charge in [-0.15, -0.1) is 35.5 Å². The number of thiazole rings is 1. The lowest BCUT2D eigenvalue weighted by atomic mass is 10.1. The van der Waals surface area contributed by atoms with Crippen LogP contribution in [0.3, 0.4) is 0 Å². The van der Waals surface area contributed by atoms with Gasteiger partial charge in [0.15, 0.2) is 5.13 Å². The Morgan fingerprint density at radius 3 is 2.70 bits per heavy atom. The van der Waals surface area contributed by atoms with Gasteiger partial charge in [0.25, 0.3) is 0 Å². The van der Waals surface area contributed by atoms with Crippen LogP contribution in [-0.2, 0) is 4.79 Å². The van der Waals surface area contributed by atoms with Gasteiger partial charge in [-0.2, -0.15) is 0 Å². The van der Waals surface area contributed by atoms with E-state index in [1.54, 1.807) is 11.8 Å². The Morgan fingerprint density at radius 1 is 1.35 bits per heavy atom. The zero-order chi connectivity index (χ0) is 15.5. The molecule has 0 aliphatic heterocycles. The van der Waals surface area contributed by atoms with Crippen LogP contribution >= 0.6 is 35.5 Å². The Labute approximate surface area is 150 Å². The van der Waals surface area contributed by atoms with Gasteiger partial charge >= 0.3 is 0 Å². The lowest BCUT2D eigenvalue weighted by Gasteiger charge is -2.08. The van der Waals surface area contributed by atoms with Crippen LogP contribution < -0.4 is 11.1 Å². The topological polar surface area (TPSA) is 68.0 Å². The first-order valence-corrected chi connectivity index (χ1v) is 9.42. The largest absolute Gasteiger partial charge is 0.328 e. The SMILES string of the molecule is CSc1ccc(-c2csc(NC(=O)C3CCC(N)C3)n2)cc1.Cl. The maximum Gasteiger partial charge on any atom is 0.229 e. The number of halogens is 1. The van der Waals surface area contributed by atoms with E-state index in [1.807, 2.05) is 5.38 Å². The van der Waals surface area contributed by atoms with Crippen molar-refractivity contribution in [2.75, 3.05) is 11.6 Å². The standard InChI is InChI=1S/C16H19N3OS2.ClH/c1-21-13-6-3-10(4-7-13)14-9-22-16(18-14)19-15(20)11-2-5-12(17)8-11;/h3-4,6-7,9,11-12H,2,5,8,17H2,1H3,(H,18,19,20);1H. The van der Waals surface area contributed by atoms with Gasteiger partial charge < -0.3 is 11.1 Å². The summed E-state index contributed by atoms with van der Waals surface area (Å²) in [5.74, 6) is 0.0785. The number of aromatic nitrogens is 1. The van der Waals surface area contributed by atoms with E-state index in [-0.39, 0.29) is 30.3 Å². The van der Waals surface area contributed by atoms with Crippen LogP contribution in [-0.4, -0.2) is 23.2 Å². The maximum absolute atomic E-state index is 12.2. The lowest BCUT2D eigenvalue weighted by molar-refractivity contribution is -0.119. The molecule has 1 saturated carbocycles. The molecule has 1 aromatic carbocycles. The molecule has 1 aliphatic rings. The Morgan fingerprint density at radius 2 is 2.09 bits per heavy atom. The van der Waals surface area contributed by atoms with E-state index in [4.69, 9.17) is 5.73 Å². The molecule has 1 fully saturated rings. The summed E-state index contributed by atoms with van der Waals surface area (Å²) in [5.41, 5.74) is 7.83. The van der Waals surface area contributed by atoms with E-state index in [0.717, 1.165) is 30.5 Å². The molecular formula is C16H20ClN3OS2.